The topological polar surface area (TPSA) is 34.1 Å². The van der Waals surface area contributed by atoms with Crippen molar-refractivity contribution in [2.24, 2.45) is 0 Å². The minimum Gasteiger partial charge on any atom is -0.289 e. The lowest BCUT2D eigenvalue weighted by atomic mass is 9.87. The second-order valence-corrected chi connectivity index (χ2v) is 8.50. The Labute approximate surface area is 152 Å². The first-order chi connectivity index (χ1) is 11.6. The maximum absolute atomic E-state index is 12.8. The summed E-state index contributed by atoms with van der Waals surface area (Å²) in [5.74, 6) is 3.36. The van der Waals surface area contributed by atoms with Crippen LogP contribution in [0.2, 0.25) is 0 Å². The molecule has 0 amide bonds. The molecule has 1 aliphatic heterocycles. The molecular weight excluding hydrogens is 336 g/mol. The molecule has 3 rings (SSSR count). The highest BCUT2D eigenvalue weighted by Gasteiger charge is 2.29. The zero-order valence-electron chi connectivity index (χ0n) is 14.2. The number of benzene rings is 1. The van der Waals surface area contributed by atoms with Crippen molar-refractivity contribution in [3.63, 3.8) is 0 Å². The number of carbonyl (C=O) groups excluding carboxylic acids is 2. The molecule has 1 heterocycles. The van der Waals surface area contributed by atoms with E-state index in [1.807, 2.05) is 0 Å². The highest BCUT2D eigenvalue weighted by atomic mass is 32.2. The summed E-state index contributed by atoms with van der Waals surface area (Å²) in [6, 6.07) is 8.79. The second kappa shape index (κ2) is 7.75. The van der Waals surface area contributed by atoms with Gasteiger partial charge in [0, 0.05) is 33.8 Å². The van der Waals surface area contributed by atoms with Crippen molar-refractivity contribution in [1.29, 1.82) is 0 Å². The van der Waals surface area contributed by atoms with E-state index in [0.717, 1.165) is 35.5 Å². The van der Waals surface area contributed by atoms with E-state index in [1.54, 1.807) is 37.4 Å². The number of hydrogen-bond acceptors (Lipinski definition) is 4. The number of fused-ring (bicyclic) bond motifs is 4. The highest BCUT2D eigenvalue weighted by molar-refractivity contribution is 7.99. The van der Waals surface area contributed by atoms with Crippen LogP contribution >= 0.6 is 23.5 Å². The van der Waals surface area contributed by atoms with Crippen LogP contribution in [-0.2, 0) is 22.4 Å². The zero-order chi connectivity index (χ0) is 17.1. The number of Topliss-reactive ketones (excluding diaryl/α,β-unsaturated/α-hetero) is 2. The van der Waals surface area contributed by atoms with E-state index in [2.05, 4.69) is 24.3 Å². The molecule has 0 atom stereocenters. The molecule has 0 saturated carbocycles. The maximum atomic E-state index is 12.8. The quantitative estimate of drug-likeness (QED) is 0.656. The third-order valence-corrected chi connectivity index (χ3v) is 6.66. The van der Waals surface area contributed by atoms with E-state index in [9.17, 15) is 9.59 Å². The van der Waals surface area contributed by atoms with Gasteiger partial charge in [0.05, 0.1) is 0 Å². The summed E-state index contributed by atoms with van der Waals surface area (Å²) in [5, 5.41) is 0. The van der Waals surface area contributed by atoms with Crippen LogP contribution in [0.3, 0.4) is 0 Å². The standard InChI is InChI=1S/C20H22O2S2/c1-13-17-11-23-8-6-15-4-3-5-16(10-15)7-9-24-12-18(20(17)22)14(2)19(13)21/h3-5,10H,6-9,11-12H2,1-2H3. The maximum Gasteiger partial charge on any atom is 0.187 e. The molecular formula is C20H22O2S2. The van der Waals surface area contributed by atoms with Gasteiger partial charge < -0.3 is 0 Å². The minimum absolute atomic E-state index is 0.0538. The van der Waals surface area contributed by atoms with Gasteiger partial charge in [0.2, 0.25) is 0 Å². The van der Waals surface area contributed by atoms with Crippen molar-refractivity contribution in [3.05, 3.63) is 57.7 Å². The smallest absolute Gasteiger partial charge is 0.187 e. The summed E-state index contributed by atoms with van der Waals surface area (Å²) in [7, 11) is 0. The van der Waals surface area contributed by atoms with Crippen molar-refractivity contribution in [2.75, 3.05) is 23.0 Å². The van der Waals surface area contributed by atoms with Crippen LogP contribution in [0.1, 0.15) is 25.0 Å². The lowest BCUT2D eigenvalue weighted by Gasteiger charge is -2.21. The Kier molecular flexibility index (Phi) is 5.67. The van der Waals surface area contributed by atoms with E-state index in [1.165, 1.54) is 11.1 Å². The molecule has 1 aromatic carbocycles. The number of ketones is 2. The van der Waals surface area contributed by atoms with Gasteiger partial charge >= 0.3 is 0 Å². The van der Waals surface area contributed by atoms with E-state index in [0.29, 0.717) is 22.7 Å². The van der Waals surface area contributed by atoms with Gasteiger partial charge in [-0.15, -0.1) is 0 Å². The van der Waals surface area contributed by atoms with Gasteiger partial charge in [-0.25, -0.2) is 0 Å². The van der Waals surface area contributed by atoms with Crippen molar-refractivity contribution in [2.45, 2.75) is 26.7 Å². The fourth-order valence-electron chi connectivity index (χ4n) is 3.09. The fraction of sp³-hybridized carbons (Fsp3) is 0.400. The van der Waals surface area contributed by atoms with Gasteiger partial charge in [-0.2, -0.15) is 23.5 Å². The zero-order valence-corrected chi connectivity index (χ0v) is 15.8. The second-order valence-electron chi connectivity index (χ2n) is 6.29. The fourth-order valence-corrected chi connectivity index (χ4v) is 5.25. The Morgan fingerprint density at radius 2 is 1.29 bits per heavy atom. The number of hydrogen-bond donors (Lipinski definition) is 0. The molecule has 126 valence electrons. The van der Waals surface area contributed by atoms with Crippen LogP contribution in [0.15, 0.2) is 46.6 Å². The van der Waals surface area contributed by atoms with E-state index in [4.69, 9.17) is 0 Å². The molecule has 0 saturated heterocycles. The number of thioether (sulfide) groups is 2. The third-order valence-electron chi connectivity index (χ3n) is 4.69. The van der Waals surface area contributed by atoms with Gasteiger partial charge in [0.15, 0.2) is 11.6 Å². The molecule has 2 nitrogen and oxygen atoms in total. The molecule has 24 heavy (non-hydrogen) atoms. The highest BCUT2D eigenvalue weighted by Crippen LogP contribution is 2.29. The molecule has 0 aromatic heterocycles. The molecule has 1 aromatic rings. The summed E-state index contributed by atoms with van der Waals surface area (Å²) >= 11 is 3.50. The molecule has 0 spiro atoms. The Morgan fingerprint density at radius 1 is 0.792 bits per heavy atom. The predicted molar refractivity (Wildman–Crippen MR) is 104 cm³/mol. The van der Waals surface area contributed by atoms with Crippen LogP contribution in [0.4, 0.5) is 0 Å². The van der Waals surface area contributed by atoms with Crippen molar-refractivity contribution in [3.8, 4) is 0 Å². The van der Waals surface area contributed by atoms with Crippen molar-refractivity contribution >= 4 is 35.1 Å². The van der Waals surface area contributed by atoms with Gasteiger partial charge in [0.25, 0.3) is 0 Å². The van der Waals surface area contributed by atoms with Crippen molar-refractivity contribution in [1.82, 2.24) is 0 Å². The Balaban J connectivity index is 1.86. The van der Waals surface area contributed by atoms with Gasteiger partial charge in [-0.1, -0.05) is 24.3 Å². The molecule has 1 aliphatic carbocycles. The number of rotatable bonds is 0. The first-order valence-electron chi connectivity index (χ1n) is 8.30. The average molecular weight is 359 g/mol. The number of allylic oxidation sites excluding steroid dienone is 2. The first-order valence-corrected chi connectivity index (χ1v) is 10.6. The summed E-state index contributed by atoms with van der Waals surface area (Å²) in [6.07, 6.45) is 2.00. The van der Waals surface area contributed by atoms with Crippen molar-refractivity contribution < 1.29 is 9.59 Å². The molecule has 0 radical (unpaired) electrons. The Morgan fingerprint density at radius 3 is 1.79 bits per heavy atom. The molecule has 2 aliphatic rings. The van der Waals surface area contributed by atoms with E-state index >= 15 is 0 Å². The number of carbonyl (C=O) groups is 2. The molecule has 0 unspecified atom stereocenters. The molecule has 0 fully saturated rings. The van der Waals surface area contributed by atoms with Crippen LogP contribution in [0, 0.1) is 0 Å². The lowest BCUT2D eigenvalue weighted by Crippen LogP contribution is -2.24. The normalized spacial score (nSPS) is 20.2. The Bertz CT molecular complexity index is 689. The summed E-state index contributed by atoms with van der Waals surface area (Å²) in [6.45, 7) is 3.60. The Hall–Kier alpha value is -1.26. The largest absolute Gasteiger partial charge is 0.289 e. The summed E-state index contributed by atoms with van der Waals surface area (Å²) in [4.78, 5) is 25.3. The van der Waals surface area contributed by atoms with Gasteiger partial charge in [-0.3, -0.25) is 9.59 Å². The monoisotopic (exact) mass is 358 g/mol. The first kappa shape index (κ1) is 17.6. The average Bonchev–Trinajstić information content (AvgIpc) is 2.58. The van der Waals surface area contributed by atoms with E-state index < -0.39 is 0 Å². The van der Waals surface area contributed by atoms with Gasteiger partial charge in [-0.05, 0) is 49.3 Å². The third kappa shape index (κ3) is 3.70. The summed E-state index contributed by atoms with van der Waals surface area (Å²) in [5.41, 5.74) is 5.44. The number of aryl methyl sites for hydroxylation is 2. The van der Waals surface area contributed by atoms with Crippen LogP contribution in [0.5, 0.6) is 0 Å². The van der Waals surface area contributed by atoms with Crippen LogP contribution in [-0.4, -0.2) is 34.6 Å². The SMILES string of the molecule is CC1=C2CSCCc3cccc(c3)CCSCC(=C(C)C1=O)C2=O. The molecule has 0 N–H and O–H groups in total. The summed E-state index contributed by atoms with van der Waals surface area (Å²) < 4.78 is 0. The van der Waals surface area contributed by atoms with E-state index in [-0.39, 0.29) is 11.6 Å². The van der Waals surface area contributed by atoms with Crippen LogP contribution < -0.4 is 0 Å². The molecule has 4 bridgehead atoms. The lowest BCUT2D eigenvalue weighted by molar-refractivity contribution is -0.116. The van der Waals surface area contributed by atoms with Gasteiger partial charge in [0.1, 0.15) is 0 Å². The predicted octanol–water partition coefficient (Wildman–Crippen LogP) is 4.04. The molecule has 4 heteroatoms. The minimum atomic E-state index is 0.0538. The van der Waals surface area contributed by atoms with Crippen LogP contribution in [0.25, 0.3) is 0 Å².